The molecule has 1 aliphatic heterocycles. The van der Waals surface area contributed by atoms with Gasteiger partial charge in [0.2, 0.25) is 0 Å². The van der Waals surface area contributed by atoms with E-state index in [2.05, 4.69) is 4.98 Å². The maximum Gasteiger partial charge on any atom is 0.258 e. The van der Waals surface area contributed by atoms with Crippen LogP contribution in [0.1, 0.15) is 16.1 Å². The van der Waals surface area contributed by atoms with E-state index in [1.807, 2.05) is 24.3 Å². The Labute approximate surface area is 117 Å². The lowest BCUT2D eigenvalue weighted by Crippen LogP contribution is -2.38. The number of amides is 1. The van der Waals surface area contributed by atoms with E-state index in [4.69, 9.17) is 10.5 Å². The van der Waals surface area contributed by atoms with Crippen LogP contribution in [0.15, 0.2) is 42.6 Å². The van der Waals surface area contributed by atoms with Gasteiger partial charge in [-0.1, -0.05) is 12.1 Å². The fourth-order valence-corrected chi connectivity index (χ4v) is 2.26. The highest BCUT2D eigenvalue weighted by atomic mass is 16.5. The molecule has 0 atom stereocenters. The number of aromatic nitrogens is 1. The number of nitrogens with two attached hydrogens (primary N) is 1. The second kappa shape index (κ2) is 5.30. The Morgan fingerprint density at radius 1 is 1.35 bits per heavy atom. The molecule has 0 bridgehead atoms. The van der Waals surface area contributed by atoms with E-state index in [-0.39, 0.29) is 5.91 Å². The zero-order valence-corrected chi connectivity index (χ0v) is 11.0. The molecule has 0 aliphatic carbocycles. The van der Waals surface area contributed by atoms with E-state index < -0.39 is 0 Å². The SMILES string of the molecule is NCc1cc(C(=O)N2CCOc3ccccc32)ccn1. The number of ether oxygens (including phenoxy) is 1. The Balaban J connectivity index is 1.95. The average molecular weight is 269 g/mol. The largest absolute Gasteiger partial charge is 0.490 e. The molecule has 0 radical (unpaired) electrons. The molecular weight excluding hydrogens is 254 g/mol. The van der Waals surface area contributed by atoms with Gasteiger partial charge in [-0.05, 0) is 24.3 Å². The number of hydrogen-bond acceptors (Lipinski definition) is 4. The summed E-state index contributed by atoms with van der Waals surface area (Å²) in [7, 11) is 0. The van der Waals surface area contributed by atoms with E-state index in [9.17, 15) is 4.79 Å². The molecule has 1 aromatic heterocycles. The van der Waals surface area contributed by atoms with Gasteiger partial charge in [-0.25, -0.2) is 0 Å². The minimum absolute atomic E-state index is 0.0575. The van der Waals surface area contributed by atoms with Crippen LogP contribution in [-0.4, -0.2) is 24.0 Å². The third-order valence-electron chi connectivity index (χ3n) is 3.25. The van der Waals surface area contributed by atoms with Gasteiger partial charge < -0.3 is 15.4 Å². The second-order valence-electron chi connectivity index (χ2n) is 4.51. The lowest BCUT2D eigenvalue weighted by atomic mass is 10.1. The standard InChI is InChI=1S/C15H15N3O2/c16-10-12-9-11(5-6-17-12)15(19)18-7-8-20-14-4-2-1-3-13(14)18/h1-6,9H,7-8,10,16H2. The number of fused-ring (bicyclic) bond motifs is 1. The van der Waals surface area contributed by atoms with Crippen LogP contribution in [-0.2, 0) is 6.54 Å². The molecule has 5 heteroatoms. The fourth-order valence-electron chi connectivity index (χ4n) is 2.26. The van der Waals surface area contributed by atoms with Gasteiger partial charge in [0.1, 0.15) is 12.4 Å². The van der Waals surface area contributed by atoms with E-state index in [1.165, 1.54) is 0 Å². The second-order valence-corrected chi connectivity index (χ2v) is 4.51. The van der Waals surface area contributed by atoms with Crippen molar-refractivity contribution in [3.05, 3.63) is 53.9 Å². The van der Waals surface area contributed by atoms with Gasteiger partial charge in [-0.2, -0.15) is 0 Å². The predicted molar refractivity (Wildman–Crippen MR) is 75.7 cm³/mol. The Hall–Kier alpha value is -2.40. The molecule has 3 rings (SSSR count). The van der Waals surface area contributed by atoms with Gasteiger partial charge in [0, 0.05) is 18.3 Å². The van der Waals surface area contributed by atoms with E-state index in [0.717, 1.165) is 11.4 Å². The van der Waals surface area contributed by atoms with E-state index >= 15 is 0 Å². The molecule has 2 aromatic rings. The predicted octanol–water partition coefficient (Wildman–Crippen LogP) is 1.58. The number of rotatable bonds is 2. The van der Waals surface area contributed by atoms with Crippen molar-refractivity contribution in [3.8, 4) is 5.75 Å². The monoisotopic (exact) mass is 269 g/mol. The van der Waals surface area contributed by atoms with Crippen molar-refractivity contribution in [1.82, 2.24) is 4.98 Å². The number of hydrogen-bond donors (Lipinski definition) is 1. The molecule has 1 aliphatic rings. The Bertz CT molecular complexity index is 643. The van der Waals surface area contributed by atoms with Crippen molar-refractivity contribution in [1.29, 1.82) is 0 Å². The molecule has 0 saturated heterocycles. The van der Waals surface area contributed by atoms with Crippen LogP contribution >= 0.6 is 0 Å². The third-order valence-corrected chi connectivity index (χ3v) is 3.25. The summed E-state index contributed by atoms with van der Waals surface area (Å²) < 4.78 is 5.56. The first-order chi connectivity index (χ1) is 9.79. The highest BCUT2D eigenvalue weighted by Crippen LogP contribution is 2.31. The maximum absolute atomic E-state index is 12.6. The van der Waals surface area contributed by atoms with Crippen LogP contribution in [0.25, 0.3) is 0 Å². The van der Waals surface area contributed by atoms with Crippen molar-refractivity contribution in [3.63, 3.8) is 0 Å². The van der Waals surface area contributed by atoms with Gasteiger partial charge in [-0.15, -0.1) is 0 Å². The molecule has 1 aromatic carbocycles. The van der Waals surface area contributed by atoms with Crippen LogP contribution in [0.5, 0.6) is 5.75 Å². The minimum atomic E-state index is -0.0575. The van der Waals surface area contributed by atoms with Crippen LogP contribution in [0.3, 0.4) is 0 Å². The van der Waals surface area contributed by atoms with E-state index in [1.54, 1.807) is 23.2 Å². The summed E-state index contributed by atoms with van der Waals surface area (Å²) in [6.45, 7) is 1.36. The number of pyridine rings is 1. The molecule has 2 heterocycles. The van der Waals surface area contributed by atoms with Gasteiger partial charge in [-0.3, -0.25) is 9.78 Å². The van der Waals surface area contributed by atoms with Crippen LogP contribution in [0, 0.1) is 0 Å². The summed E-state index contributed by atoms with van der Waals surface area (Å²) in [6, 6.07) is 11.0. The van der Waals surface area contributed by atoms with Gasteiger partial charge in [0.15, 0.2) is 0 Å². The smallest absolute Gasteiger partial charge is 0.258 e. The quantitative estimate of drug-likeness (QED) is 0.898. The molecule has 0 spiro atoms. The molecule has 20 heavy (non-hydrogen) atoms. The zero-order chi connectivity index (χ0) is 13.9. The maximum atomic E-state index is 12.6. The number of carbonyl (C=O) groups is 1. The summed E-state index contributed by atoms with van der Waals surface area (Å²) in [5.41, 5.74) is 7.67. The Kier molecular flexibility index (Phi) is 3.35. The van der Waals surface area contributed by atoms with Gasteiger partial charge >= 0.3 is 0 Å². The lowest BCUT2D eigenvalue weighted by Gasteiger charge is -2.29. The first-order valence-corrected chi connectivity index (χ1v) is 6.48. The van der Waals surface area contributed by atoms with Crippen LogP contribution in [0.2, 0.25) is 0 Å². The Morgan fingerprint density at radius 2 is 2.20 bits per heavy atom. The van der Waals surface area contributed by atoms with Crippen molar-refractivity contribution < 1.29 is 9.53 Å². The van der Waals surface area contributed by atoms with E-state index in [0.29, 0.717) is 31.0 Å². The molecule has 102 valence electrons. The van der Waals surface area contributed by atoms with Crippen molar-refractivity contribution in [2.24, 2.45) is 5.73 Å². The van der Waals surface area contributed by atoms with Gasteiger partial charge in [0.25, 0.3) is 5.91 Å². The molecule has 5 nitrogen and oxygen atoms in total. The molecule has 2 N–H and O–H groups in total. The third kappa shape index (κ3) is 2.23. The highest BCUT2D eigenvalue weighted by molar-refractivity contribution is 6.07. The minimum Gasteiger partial charge on any atom is -0.490 e. The topological polar surface area (TPSA) is 68.5 Å². The Morgan fingerprint density at radius 3 is 3.05 bits per heavy atom. The summed E-state index contributed by atoms with van der Waals surface area (Å²) in [5, 5.41) is 0. The zero-order valence-electron chi connectivity index (χ0n) is 11.0. The van der Waals surface area contributed by atoms with Crippen LogP contribution in [0.4, 0.5) is 5.69 Å². The highest BCUT2D eigenvalue weighted by Gasteiger charge is 2.24. The lowest BCUT2D eigenvalue weighted by molar-refractivity contribution is 0.0976. The normalized spacial score (nSPS) is 13.6. The first-order valence-electron chi connectivity index (χ1n) is 6.48. The number of benzene rings is 1. The molecule has 0 unspecified atom stereocenters. The summed E-state index contributed by atoms with van der Waals surface area (Å²) >= 11 is 0. The molecule has 1 amide bonds. The number of carbonyl (C=O) groups excluding carboxylic acids is 1. The molecular formula is C15H15N3O2. The number of anilines is 1. The number of nitrogens with zero attached hydrogens (tertiary/aromatic N) is 2. The average Bonchev–Trinajstić information content (AvgIpc) is 2.53. The summed E-state index contributed by atoms with van der Waals surface area (Å²) in [5.74, 6) is 0.679. The first kappa shape index (κ1) is 12.6. The van der Waals surface area contributed by atoms with Crippen molar-refractivity contribution in [2.75, 3.05) is 18.1 Å². The molecule has 0 fully saturated rings. The van der Waals surface area contributed by atoms with Gasteiger partial charge in [0.05, 0.1) is 17.9 Å². The molecule has 0 saturated carbocycles. The summed E-state index contributed by atoms with van der Waals surface area (Å²) in [4.78, 5) is 18.5. The van der Waals surface area contributed by atoms with Crippen molar-refractivity contribution >= 4 is 11.6 Å². The summed E-state index contributed by atoms with van der Waals surface area (Å²) in [6.07, 6.45) is 1.61. The van der Waals surface area contributed by atoms with Crippen LogP contribution < -0.4 is 15.4 Å². The number of para-hydroxylation sites is 2. The fraction of sp³-hybridized carbons (Fsp3) is 0.200. The van der Waals surface area contributed by atoms with Crippen molar-refractivity contribution in [2.45, 2.75) is 6.54 Å².